The van der Waals surface area contributed by atoms with Gasteiger partial charge in [-0.05, 0) is 31.0 Å². The lowest BCUT2D eigenvalue weighted by Gasteiger charge is -2.34. The summed E-state index contributed by atoms with van der Waals surface area (Å²) < 4.78 is 39.0. The number of nitrogens with zero attached hydrogens (tertiary/aromatic N) is 1. The molecule has 0 spiro atoms. The van der Waals surface area contributed by atoms with Crippen LogP contribution in [-0.4, -0.2) is 12.2 Å². The van der Waals surface area contributed by atoms with E-state index < -0.39 is 18.1 Å². The van der Waals surface area contributed by atoms with Crippen molar-refractivity contribution < 1.29 is 13.2 Å². The Morgan fingerprint density at radius 1 is 1.25 bits per heavy atom. The van der Waals surface area contributed by atoms with Crippen molar-refractivity contribution in [3.63, 3.8) is 0 Å². The molecule has 0 amide bonds. The predicted octanol–water partition coefficient (Wildman–Crippen LogP) is 4.74. The second-order valence-corrected chi connectivity index (χ2v) is 5.40. The van der Waals surface area contributed by atoms with Crippen molar-refractivity contribution in [1.82, 2.24) is 0 Å². The first-order valence-electron chi connectivity index (χ1n) is 6.44. The van der Waals surface area contributed by atoms with Crippen molar-refractivity contribution in [3.8, 4) is 6.07 Å². The number of rotatable bonds is 2. The Bertz CT molecular complexity index is 522. The van der Waals surface area contributed by atoms with Crippen molar-refractivity contribution in [2.24, 2.45) is 5.92 Å². The third-order valence-electron chi connectivity index (χ3n) is 3.63. The van der Waals surface area contributed by atoms with Crippen LogP contribution in [0, 0.1) is 17.2 Å². The molecule has 1 aromatic carbocycles. The van der Waals surface area contributed by atoms with Crippen molar-refractivity contribution >= 4 is 17.3 Å². The Labute approximate surface area is 120 Å². The molecule has 1 aromatic rings. The molecule has 1 saturated carbocycles. The van der Waals surface area contributed by atoms with Crippen LogP contribution in [0.1, 0.15) is 31.2 Å². The molecule has 0 aromatic heterocycles. The third-order valence-corrected chi connectivity index (χ3v) is 3.95. The Morgan fingerprint density at radius 3 is 2.60 bits per heavy atom. The largest absolute Gasteiger partial charge is 0.393 e. The molecule has 2 unspecified atom stereocenters. The molecule has 2 rings (SSSR count). The van der Waals surface area contributed by atoms with Crippen molar-refractivity contribution in [1.29, 1.82) is 5.26 Å². The predicted molar refractivity (Wildman–Crippen MR) is 71.6 cm³/mol. The summed E-state index contributed by atoms with van der Waals surface area (Å²) in [6, 6.07) is 5.89. The van der Waals surface area contributed by atoms with E-state index in [1.165, 1.54) is 12.1 Å². The monoisotopic (exact) mass is 302 g/mol. The third kappa shape index (κ3) is 3.37. The highest BCUT2D eigenvalue weighted by Gasteiger charge is 2.45. The lowest BCUT2D eigenvalue weighted by Crippen LogP contribution is -2.41. The van der Waals surface area contributed by atoms with Gasteiger partial charge in [-0.2, -0.15) is 18.4 Å². The molecule has 0 radical (unpaired) electrons. The number of hydrogen-bond acceptors (Lipinski definition) is 2. The van der Waals surface area contributed by atoms with Crippen LogP contribution in [0.15, 0.2) is 18.2 Å². The summed E-state index contributed by atoms with van der Waals surface area (Å²) in [7, 11) is 0. The van der Waals surface area contributed by atoms with E-state index in [1.54, 1.807) is 6.07 Å². The summed E-state index contributed by atoms with van der Waals surface area (Å²) in [5, 5.41) is 12.1. The fraction of sp³-hybridized carbons (Fsp3) is 0.500. The molecule has 1 aliphatic rings. The van der Waals surface area contributed by atoms with Crippen LogP contribution in [0.25, 0.3) is 0 Å². The lowest BCUT2D eigenvalue weighted by atomic mass is 9.84. The number of hydrogen-bond donors (Lipinski definition) is 1. The van der Waals surface area contributed by atoms with E-state index in [2.05, 4.69) is 5.32 Å². The first-order chi connectivity index (χ1) is 9.41. The normalized spacial score (nSPS) is 23.1. The quantitative estimate of drug-likeness (QED) is 0.856. The molecule has 1 aliphatic carbocycles. The summed E-state index contributed by atoms with van der Waals surface area (Å²) in [5.74, 6) is -1.34. The van der Waals surface area contributed by atoms with Gasteiger partial charge in [0, 0.05) is 11.7 Å². The van der Waals surface area contributed by atoms with Gasteiger partial charge in [-0.3, -0.25) is 0 Å². The molecule has 0 aliphatic heterocycles. The Balaban J connectivity index is 2.17. The number of benzene rings is 1. The van der Waals surface area contributed by atoms with Crippen LogP contribution < -0.4 is 5.32 Å². The van der Waals surface area contributed by atoms with Gasteiger partial charge in [-0.1, -0.05) is 24.4 Å². The number of anilines is 1. The molecule has 1 fully saturated rings. The topological polar surface area (TPSA) is 35.8 Å². The van der Waals surface area contributed by atoms with Crippen LogP contribution >= 0.6 is 11.6 Å². The fourth-order valence-corrected chi connectivity index (χ4v) is 2.77. The molecule has 0 heterocycles. The molecule has 0 bridgehead atoms. The van der Waals surface area contributed by atoms with Gasteiger partial charge in [-0.15, -0.1) is 0 Å². The number of nitriles is 1. The summed E-state index contributed by atoms with van der Waals surface area (Å²) in [6.45, 7) is 0. The molecule has 0 saturated heterocycles. The van der Waals surface area contributed by atoms with Crippen LogP contribution in [0.5, 0.6) is 0 Å². The summed E-state index contributed by atoms with van der Waals surface area (Å²) >= 11 is 5.81. The Kier molecular flexibility index (Phi) is 4.44. The van der Waals surface area contributed by atoms with Gasteiger partial charge in [0.1, 0.15) is 6.07 Å². The first-order valence-corrected chi connectivity index (χ1v) is 6.82. The first kappa shape index (κ1) is 15.0. The van der Waals surface area contributed by atoms with E-state index in [0.29, 0.717) is 23.6 Å². The van der Waals surface area contributed by atoms with E-state index in [1.807, 2.05) is 6.07 Å². The molecule has 2 nitrogen and oxygen atoms in total. The highest BCUT2D eigenvalue weighted by atomic mass is 35.5. The second kappa shape index (κ2) is 5.92. The van der Waals surface area contributed by atoms with Gasteiger partial charge in [0.15, 0.2) is 0 Å². The molecule has 6 heteroatoms. The number of alkyl halides is 3. The minimum Gasteiger partial charge on any atom is -0.382 e. The van der Waals surface area contributed by atoms with Gasteiger partial charge in [0.2, 0.25) is 0 Å². The van der Waals surface area contributed by atoms with Gasteiger partial charge in [-0.25, -0.2) is 0 Å². The average Bonchev–Trinajstić information content (AvgIpc) is 2.40. The van der Waals surface area contributed by atoms with E-state index in [4.69, 9.17) is 16.9 Å². The van der Waals surface area contributed by atoms with E-state index in [0.717, 1.165) is 6.42 Å². The minimum atomic E-state index is -4.19. The van der Waals surface area contributed by atoms with E-state index >= 15 is 0 Å². The highest BCUT2D eigenvalue weighted by molar-refractivity contribution is 6.31. The summed E-state index contributed by atoms with van der Waals surface area (Å²) in [6.07, 6.45) is -2.17. The second-order valence-electron chi connectivity index (χ2n) is 4.99. The zero-order valence-electron chi connectivity index (χ0n) is 10.7. The standard InChI is InChI=1S/C14H14ClF3N2/c15-12-6-5-10(7-9(12)8-19)20-13-4-2-1-3-11(13)14(16,17)18/h5-7,11,13,20H,1-4H2. The molecular formula is C14H14ClF3N2. The van der Waals surface area contributed by atoms with Crippen LogP contribution in [0.3, 0.4) is 0 Å². The maximum absolute atomic E-state index is 13.0. The molecule has 1 N–H and O–H groups in total. The maximum atomic E-state index is 13.0. The highest BCUT2D eigenvalue weighted by Crippen LogP contribution is 2.39. The summed E-state index contributed by atoms with van der Waals surface area (Å²) in [4.78, 5) is 0. The zero-order valence-corrected chi connectivity index (χ0v) is 11.4. The molecule has 20 heavy (non-hydrogen) atoms. The van der Waals surface area contributed by atoms with Gasteiger partial charge >= 0.3 is 6.18 Å². The van der Waals surface area contributed by atoms with Crippen molar-refractivity contribution in [2.75, 3.05) is 5.32 Å². The van der Waals surface area contributed by atoms with Gasteiger partial charge in [0.05, 0.1) is 16.5 Å². The van der Waals surface area contributed by atoms with E-state index in [-0.39, 0.29) is 12.0 Å². The maximum Gasteiger partial charge on any atom is 0.393 e. The van der Waals surface area contributed by atoms with Gasteiger partial charge in [0.25, 0.3) is 0 Å². The van der Waals surface area contributed by atoms with Crippen LogP contribution in [0.2, 0.25) is 5.02 Å². The number of halogens is 4. The van der Waals surface area contributed by atoms with Crippen molar-refractivity contribution in [2.45, 2.75) is 37.9 Å². The van der Waals surface area contributed by atoms with Gasteiger partial charge < -0.3 is 5.32 Å². The minimum absolute atomic E-state index is 0.153. The zero-order chi connectivity index (χ0) is 14.8. The SMILES string of the molecule is N#Cc1cc(NC2CCCCC2C(F)(F)F)ccc1Cl. The van der Waals surface area contributed by atoms with Crippen molar-refractivity contribution in [3.05, 3.63) is 28.8 Å². The Hall–Kier alpha value is -1.41. The number of nitrogens with one attached hydrogen (secondary N) is 1. The summed E-state index contributed by atoms with van der Waals surface area (Å²) in [5.41, 5.74) is 0.767. The molecule has 2 atom stereocenters. The van der Waals surface area contributed by atoms with Crippen LogP contribution in [-0.2, 0) is 0 Å². The lowest BCUT2D eigenvalue weighted by molar-refractivity contribution is -0.184. The molecule has 108 valence electrons. The average molecular weight is 303 g/mol. The van der Waals surface area contributed by atoms with Crippen LogP contribution in [0.4, 0.5) is 18.9 Å². The Morgan fingerprint density at radius 2 is 1.95 bits per heavy atom. The fourth-order valence-electron chi connectivity index (χ4n) is 2.61. The molecular weight excluding hydrogens is 289 g/mol. The smallest absolute Gasteiger partial charge is 0.382 e. The van der Waals surface area contributed by atoms with E-state index in [9.17, 15) is 13.2 Å².